The lowest BCUT2D eigenvalue weighted by molar-refractivity contribution is -0.123. The third kappa shape index (κ3) is 8.29. The first-order chi connectivity index (χ1) is 16.4. The number of nitrogens with two attached hydrogens (primary N) is 1. The summed E-state index contributed by atoms with van der Waals surface area (Å²) in [6.45, 7) is 0.222. The molecule has 3 rings (SSSR count). The fourth-order valence-electron chi connectivity index (χ4n) is 5.13. The van der Waals surface area contributed by atoms with Gasteiger partial charge in [0.1, 0.15) is 6.04 Å². The molecular weight excluding hydrogens is 435 g/mol. The van der Waals surface area contributed by atoms with Crippen molar-refractivity contribution in [3.8, 4) is 5.75 Å². The van der Waals surface area contributed by atoms with Gasteiger partial charge < -0.3 is 15.8 Å². The number of guanidine groups is 1. The smallest absolute Gasteiger partial charge is 0.245 e. The Morgan fingerprint density at radius 2 is 1.74 bits per heavy atom. The van der Waals surface area contributed by atoms with Gasteiger partial charge >= 0.3 is 0 Å². The van der Waals surface area contributed by atoms with E-state index in [1.165, 1.54) is 38.9 Å². The SMILES string of the molecule is COc1cc(CNC(=O)C(CC2CCCCC2)N=C(N)NC(=O)CC2CCCCC2)ccc1F. The predicted molar refractivity (Wildman–Crippen MR) is 131 cm³/mol. The Morgan fingerprint density at radius 3 is 2.38 bits per heavy atom. The Kier molecular flexibility index (Phi) is 10.2. The number of nitrogens with zero attached hydrogens (tertiary/aromatic N) is 1. The molecule has 2 saturated carbocycles. The van der Waals surface area contributed by atoms with Gasteiger partial charge in [-0.1, -0.05) is 57.4 Å². The largest absolute Gasteiger partial charge is 0.494 e. The monoisotopic (exact) mass is 474 g/mol. The van der Waals surface area contributed by atoms with Gasteiger partial charge in [0.15, 0.2) is 17.5 Å². The maximum Gasteiger partial charge on any atom is 0.245 e. The van der Waals surface area contributed by atoms with Crippen LogP contribution in [-0.2, 0) is 16.1 Å². The van der Waals surface area contributed by atoms with Crippen molar-refractivity contribution in [2.24, 2.45) is 22.6 Å². The highest BCUT2D eigenvalue weighted by atomic mass is 19.1. The summed E-state index contributed by atoms with van der Waals surface area (Å²) in [7, 11) is 1.40. The highest BCUT2D eigenvalue weighted by molar-refractivity contribution is 5.97. The molecule has 0 saturated heterocycles. The molecule has 0 radical (unpaired) electrons. The van der Waals surface area contributed by atoms with E-state index in [9.17, 15) is 14.0 Å². The average Bonchev–Trinajstić information content (AvgIpc) is 2.84. The van der Waals surface area contributed by atoms with Gasteiger partial charge in [-0.3, -0.25) is 14.9 Å². The first-order valence-electron chi connectivity index (χ1n) is 12.7. The zero-order valence-electron chi connectivity index (χ0n) is 20.3. The average molecular weight is 475 g/mol. The molecular formula is C26H39FN4O3. The number of amides is 2. The van der Waals surface area contributed by atoms with Crippen LogP contribution in [0.25, 0.3) is 0 Å². The topological polar surface area (TPSA) is 106 Å². The quantitative estimate of drug-likeness (QED) is 0.369. The van der Waals surface area contributed by atoms with Gasteiger partial charge in [0, 0.05) is 13.0 Å². The third-order valence-corrected chi connectivity index (χ3v) is 7.03. The van der Waals surface area contributed by atoms with E-state index in [4.69, 9.17) is 10.5 Å². The highest BCUT2D eigenvalue weighted by Gasteiger charge is 2.25. The molecule has 7 nitrogen and oxygen atoms in total. The summed E-state index contributed by atoms with van der Waals surface area (Å²) >= 11 is 0. The second kappa shape index (κ2) is 13.3. The van der Waals surface area contributed by atoms with Crippen LogP contribution in [0, 0.1) is 17.7 Å². The molecule has 8 heteroatoms. The van der Waals surface area contributed by atoms with E-state index in [2.05, 4.69) is 15.6 Å². The molecule has 4 N–H and O–H groups in total. The van der Waals surface area contributed by atoms with Gasteiger partial charge in [-0.15, -0.1) is 0 Å². The number of aliphatic imine (C=N–C) groups is 1. The summed E-state index contributed by atoms with van der Waals surface area (Å²) in [5.74, 6) is 0.102. The molecule has 1 aromatic carbocycles. The number of benzene rings is 1. The van der Waals surface area contributed by atoms with Gasteiger partial charge in [0.25, 0.3) is 0 Å². The highest BCUT2D eigenvalue weighted by Crippen LogP contribution is 2.28. The summed E-state index contributed by atoms with van der Waals surface area (Å²) in [5, 5.41) is 5.59. The standard InChI is InChI=1S/C26H39FN4O3/c1-34-23-15-20(12-13-21(23)27)17-29-25(33)22(14-18-8-4-2-5-9-18)30-26(28)31-24(32)16-19-10-6-3-7-11-19/h12-13,15,18-19,22H,2-11,14,16-17H2,1H3,(H,29,33)(H3,28,30,31,32). The molecule has 0 heterocycles. The van der Waals surface area contributed by atoms with E-state index in [1.54, 1.807) is 12.1 Å². The molecule has 0 aliphatic heterocycles. The molecule has 1 unspecified atom stereocenters. The number of carbonyl (C=O) groups excluding carboxylic acids is 2. The number of halogens is 1. The molecule has 2 aliphatic carbocycles. The summed E-state index contributed by atoms with van der Waals surface area (Å²) < 4.78 is 18.7. The zero-order chi connectivity index (χ0) is 24.3. The van der Waals surface area contributed by atoms with Gasteiger partial charge in [-0.05, 0) is 48.8 Å². The van der Waals surface area contributed by atoms with E-state index in [0.29, 0.717) is 24.7 Å². The fraction of sp³-hybridized carbons (Fsp3) is 0.654. The number of hydrogen-bond acceptors (Lipinski definition) is 4. The van der Waals surface area contributed by atoms with E-state index in [-0.39, 0.29) is 30.1 Å². The number of nitrogens with one attached hydrogen (secondary N) is 2. The van der Waals surface area contributed by atoms with Crippen molar-refractivity contribution in [3.05, 3.63) is 29.6 Å². The molecule has 2 fully saturated rings. The van der Waals surface area contributed by atoms with Crippen molar-refractivity contribution in [2.75, 3.05) is 7.11 Å². The zero-order valence-corrected chi connectivity index (χ0v) is 20.3. The van der Waals surface area contributed by atoms with Crippen LogP contribution in [0.2, 0.25) is 0 Å². The van der Waals surface area contributed by atoms with Crippen LogP contribution in [0.5, 0.6) is 5.75 Å². The van der Waals surface area contributed by atoms with Crippen LogP contribution in [0.4, 0.5) is 4.39 Å². The summed E-state index contributed by atoms with van der Waals surface area (Å²) in [6, 6.07) is 3.81. The maximum absolute atomic E-state index is 13.7. The molecule has 0 spiro atoms. The van der Waals surface area contributed by atoms with Crippen molar-refractivity contribution in [2.45, 2.75) is 89.6 Å². The second-order valence-electron chi connectivity index (χ2n) is 9.71. The normalized spacial score (nSPS) is 18.8. The van der Waals surface area contributed by atoms with E-state index in [1.807, 2.05) is 0 Å². The molecule has 34 heavy (non-hydrogen) atoms. The second-order valence-corrected chi connectivity index (χ2v) is 9.71. The van der Waals surface area contributed by atoms with Crippen LogP contribution in [0.1, 0.15) is 82.6 Å². The minimum absolute atomic E-state index is 0.000204. The Bertz CT molecular complexity index is 848. The van der Waals surface area contributed by atoms with Crippen LogP contribution >= 0.6 is 0 Å². The molecule has 2 aliphatic rings. The lowest BCUT2D eigenvalue weighted by Gasteiger charge is -2.25. The molecule has 0 aromatic heterocycles. The van der Waals surface area contributed by atoms with Crippen LogP contribution in [0.3, 0.4) is 0 Å². The minimum atomic E-state index is -0.680. The number of hydrogen-bond donors (Lipinski definition) is 3. The predicted octanol–water partition coefficient (Wildman–Crippen LogP) is 4.19. The number of methoxy groups -OCH3 is 1. The lowest BCUT2D eigenvalue weighted by atomic mass is 9.84. The molecule has 1 aromatic rings. The van der Waals surface area contributed by atoms with E-state index in [0.717, 1.165) is 44.1 Å². The van der Waals surface area contributed by atoms with Crippen molar-refractivity contribution in [3.63, 3.8) is 0 Å². The lowest BCUT2D eigenvalue weighted by Crippen LogP contribution is -2.42. The van der Waals surface area contributed by atoms with Crippen LogP contribution in [0.15, 0.2) is 23.2 Å². The minimum Gasteiger partial charge on any atom is -0.494 e. The van der Waals surface area contributed by atoms with Gasteiger partial charge in [0.05, 0.1) is 7.11 Å². The third-order valence-electron chi connectivity index (χ3n) is 7.03. The molecule has 0 bridgehead atoms. The number of carbonyl (C=O) groups is 2. The number of rotatable bonds is 9. The van der Waals surface area contributed by atoms with E-state index < -0.39 is 11.9 Å². The Balaban J connectivity index is 1.61. The Morgan fingerprint density at radius 1 is 1.09 bits per heavy atom. The first-order valence-corrected chi connectivity index (χ1v) is 12.7. The van der Waals surface area contributed by atoms with Crippen molar-refractivity contribution >= 4 is 17.8 Å². The first kappa shape index (κ1) is 26.0. The van der Waals surface area contributed by atoms with Crippen molar-refractivity contribution < 1.29 is 18.7 Å². The van der Waals surface area contributed by atoms with Gasteiger partial charge in [-0.25, -0.2) is 9.38 Å². The van der Waals surface area contributed by atoms with Crippen LogP contribution < -0.4 is 21.1 Å². The summed E-state index contributed by atoms with van der Waals surface area (Å²) in [6.07, 6.45) is 12.5. The molecule has 2 amide bonds. The van der Waals surface area contributed by atoms with Crippen molar-refractivity contribution in [1.29, 1.82) is 0 Å². The van der Waals surface area contributed by atoms with Crippen LogP contribution in [-0.4, -0.2) is 30.9 Å². The maximum atomic E-state index is 13.7. The summed E-state index contributed by atoms with van der Waals surface area (Å²) in [4.78, 5) is 29.9. The Hall–Kier alpha value is -2.64. The van der Waals surface area contributed by atoms with Gasteiger partial charge in [-0.2, -0.15) is 0 Å². The molecule has 1 atom stereocenters. The fourth-order valence-corrected chi connectivity index (χ4v) is 5.13. The van der Waals surface area contributed by atoms with Gasteiger partial charge in [0.2, 0.25) is 11.8 Å². The van der Waals surface area contributed by atoms with E-state index >= 15 is 0 Å². The summed E-state index contributed by atoms with van der Waals surface area (Å²) in [5.41, 5.74) is 6.79. The molecule has 188 valence electrons. The van der Waals surface area contributed by atoms with Crippen molar-refractivity contribution in [1.82, 2.24) is 10.6 Å². The Labute approximate surface area is 202 Å². The number of ether oxygens (including phenoxy) is 1.